The molecule has 13 heavy (non-hydrogen) atoms. The van der Waals surface area contributed by atoms with Gasteiger partial charge < -0.3 is 10.1 Å². The monoisotopic (exact) mass is 245 g/mol. The van der Waals surface area contributed by atoms with E-state index in [-0.39, 0.29) is 5.60 Å². The summed E-state index contributed by atoms with van der Waals surface area (Å²) in [4.78, 5) is 0. The van der Waals surface area contributed by atoms with E-state index in [9.17, 15) is 0 Å². The molecular weight excluding hydrogens is 230 g/mol. The van der Waals surface area contributed by atoms with Crippen molar-refractivity contribution in [2.45, 2.75) is 32.3 Å². The van der Waals surface area contributed by atoms with Gasteiger partial charge in [-0.1, -0.05) is 13.8 Å². The Bertz CT molecular complexity index is 245. The molecule has 0 heterocycles. The van der Waals surface area contributed by atoms with Gasteiger partial charge in [0.05, 0.1) is 5.60 Å². The number of ether oxygens (including phenoxy) is 1. The molecule has 0 amide bonds. The van der Waals surface area contributed by atoms with Crippen LogP contribution in [0.25, 0.3) is 0 Å². The van der Waals surface area contributed by atoms with Gasteiger partial charge in [0, 0.05) is 17.3 Å². The maximum Gasteiger partial charge on any atom is 0.0903 e. The third kappa shape index (κ3) is 2.20. The minimum atomic E-state index is -0.0969. The molecule has 1 unspecified atom stereocenters. The lowest BCUT2D eigenvalue weighted by Gasteiger charge is -2.10. The summed E-state index contributed by atoms with van der Waals surface area (Å²) < 4.78 is 6.30. The molecule has 1 fully saturated rings. The SMILES string of the molecule is CCC(=N)/C(Br)=C\C1(OC)C[C@H]1C. The molecule has 1 N–H and O–H groups in total. The molecular formula is C10H16BrNO. The summed E-state index contributed by atoms with van der Waals surface area (Å²) in [6.07, 6.45) is 3.85. The highest BCUT2D eigenvalue weighted by Crippen LogP contribution is 2.48. The fourth-order valence-electron chi connectivity index (χ4n) is 1.43. The lowest BCUT2D eigenvalue weighted by Crippen LogP contribution is -2.12. The van der Waals surface area contributed by atoms with E-state index in [1.54, 1.807) is 7.11 Å². The van der Waals surface area contributed by atoms with Crippen LogP contribution >= 0.6 is 15.9 Å². The van der Waals surface area contributed by atoms with Gasteiger partial charge in [0.25, 0.3) is 0 Å². The first-order chi connectivity index (χ1) is 6.05. The summed E-state index contributed by atoms with van der Waals surface area (Å²) >= 11 is 3.40. The lowest BCUT2D eigenvalue weighted by atomic mass is 10.2. The van der Waals surface area contributed by atoms with Crippen LogP contribution in [0, 0.1) is 11.3 Å². The number of nitrogens with one attached hydrogen (secondary N) is 1. The zero-order valence-corrected chi connectivity index (χ0v) is 9.94. The Labute approximate surface area is 88.0 Å². The highest BCUT2D eigenvalue weighted by atomic mass is 79.9. The van der Waals surface area contributed by atoms with E-state index < -0.39 is 0 Å². The van der Waals surface area contributed by atoms with Crippen LogP contribution < -0.4 is 0 Å². The van der Waals surface area contributed by atoms with E-state index in [1.807, 2.05) is 13.0 Å². The van der Waals surface area contributed by atoms with Crippen molar-refractivity contribution in [2.24, 2.45) is 5.92 Å². The molecule has 2 nitrogen and oxygen atoms in total. The first-order valence-corrected chi connectivity index (χ1v) is 5.36. The molecule has 0 aliphatic heterocycles. The quantitative estimate of drug-likeness (QED) is 0.759. The molecule has 1 saturated carbocycles. The molecule has 0 bridgehead atoms. The molecule has 2 atom stereocenters. The van der Waals surface area contributed by atoms with E-state index in [0.717, 1.165) is 17.3 Å². The van der Waals surface area contributed by atoms with Gasteiger partial charge in [-0.25, -0.2) is 0 Å². The van der Waals surface area contributed by atoms with Crippen molar-refractivity contribution in [1.29, 1.82) is 5.41 Å². The van der Waals surface area contributed by atoms with Gasteiger partial charge >= 0.3 is 0 Å². The summed E-state index contributed by atoms with van der Waals surface area (Å²) in [5, 5.41) is 7.62. The maximum atomic E-state index is 7.62. The lowest BCUT2D eigenvalue weighted by molar-refractivity contribution is 0.109. The standard InChI is InChI=1S/C10H16BrNO/c1-4-9(12)8(11)6-10(13-3)5-7(10)2/h6-7,12H,4-5H2,1-3H3/b8-6+,12-9?/t7-,10?/m1/s1. The molecule has 74 valence electrons. The topological polar surface area (TPSA) is 33.1 Å². The smallest absolute Gasteiger partial charge is 0.0903 e. The Hall–Kier alpha value is -0.150. The number of methoxy groups -OCH3 is 1. The Morgan fingerprint density at radius 1 is 1.77 bits per heavy atom. The van der Waals surface area contributed by atoms with Crippen LogP contribution in [-0.2, 0) is 4.74 Å². The van der Waals surface area contributed by atoms with Crippen LogP contribution in [0.4, 0.5) is 0 Å². The summed E-state index contributed by atoms with van der Waals surface area (Å²) in [5.74, 6) is 0.578. The maximum absolute atomic E-state index is 7.62. The molecule has 1 aliphatic carbocycles. The van der Waals surface area contributed by atoms with Crippen LogP contribution in [0.3, 0.4) is 0 Å². The van der Waals surface area contributed by atoms with Crippen molar-refractivity contribution in [3.8, 4) is 0 Å². The molecule has 0 spiro atoms. The first-order valence-electron chi connectivity index (χ1n) is 4.57. The van der Waals surface area contributed by atoms with Gasteiger partial charge in [0.1, 0.15) is 0 Å². The average Bonchev–Trinajstić information content (AvgIpc) is 2.76. The van der Waals surface area contributed by atoms with E-state index in [1.165, 1.54) is 0 Å². The molecule has 0 radical (unpaired) electrons. The molecule has 3 heteroatoms. The van der Waals surface area contributed by atoms with Crippen LogP contribution in [0.15, 0.2) is 10.6 Å². The Balaban J connectivity index is 2.70. The number of hydrogen-bond acceptors (Lipinski definition) is 2. The molecule has 1 aliphatic rings. The Kier molecular flexibility index (Phi) is 3.30. The first kappa shape index (κ1) is 10.9. The van der Waals surface area contributed by atoms with E-state index >= 15 is 0 Å². The second-order valence-corrected chi connectivity index (χ2v) is 4.44. The van der Waals surface area contributed by atoms with Crippen LogP contribution in [0.5, 0.6) is 0 Å². The van der Waals surface area contributed by atoms with Gasteiger partial charge in [-0.05, 0) is 40.8 Å². The van der Waals surface area contributed by atoms with Crippen molar-refractivity contribution in [2.75, 3.05) is 7.11 Å². The van der Waals surface area contributed by atoms with Gasteiger partial charge in [-0.2, -0.15) is 0 Å². The Morgan fingerprint density at radius 2 is 2.31 bits per heavy atom. The highest BCUT2D eigenvalue weighted by Gasteiger charge is 2.50. The highest BCUT2D eigenvalue weighted by molar-refractivity contribution is 9.12. The fraction of sp³-hybridized carbons (Fsp3) is 0.700. The molecule has 1 rings (SSSR count). The largest absolute Gasteiger partial charge is 0.374 e. The number of halogens is 1. The van der Waals surface area contributed by atoms with Gasteiger partial charge in [-0.15, -0.1) is 0 Å². The second kappa shape index (κ2) is 3.93. The summed E-state index contributed by atoms with van der Waals surface area (Å²) in [6.45, 7) is 4.14. The zero-order chi connectivity index (χ0) is 10.1. The van der Waals surface area contributed by atoms with Gasteiger partial charge in [-0.3, -0.25) is 0 Å². The van der Waals surface area contributed by atoms with Gasteiger partial charge in [0.15, 0.2) is 0 Å². The van der Waals surface area contributed by atoms with Crippen molar-refractivity contribution in [3.05, 3.63) is 10.6 Å². The molecule has 0 aromatic heterocycles. The second-order valence-electron chi connectivity index (χ2n) is 3.59. The predicted molar refractivity (Wildman–Crippen MR) is 58.5 cm³/mol. The Morgan fingerprint density at radius 3 is 2.62 bits per heavy atom. The summed E-state index contributed by atoms with van der Waals surface area (Å²) in [5.41, 5.74) is 0.538. The molecule has 0 saturated heterocycles. The molecule has 0 aromatic rings. The summed E-state index contributed by atoms with van der Waals surface area (Å²) in [7, 11) is 1.73. The van der Waals surface area contributed by atoms with E-state index in [4.69, 9.17) is 10.1 Å². The number of rotatable bonds is 4. The minimum Gasteiger partial charge on any atom is -0.374 e. The van der Waals surface area contributed by atoms with Gasteiger partial charge in [0.2, 0.25) is 0 Å². The zero-order valence-electron chi connectivity index (χ0n) is 8.36. The summed E-state index contributed by atoms with van der Waals surface area (Å²) in [6, 6.07) is 0. The van der Waals surface area contributed by atoms with E-state index in [2.05, 4.69) is 22.9 Å². The average molecular weight is 246 g/mol. The van der Waals surface area contributed by atoms with Crippen LogP contribution in [-0.4, -0.2) is 18.4 Å². The third-order valence-electron chi connectivity index (χ3n) is 2.69. The van der Waals surface area contributed by atoms with Crippen molar-refractivity contribution < 1.29 is 4.74 Å². The minimum absolute atomic E-state index is 0.0969. The predicted octanol–water partition coefficient (Wildman–Crippen LogP) is 3.12. The number of hydrogen-bond donors (Lipinski definition) is 1. The fourth-order valence-corrected chi connectivity index (χ4v) is 2.10. The number of allylic oxidation sites excluding steroid dienone is 1. The van der Waals surface area contributed by atoms with Crippen molar-refractivity contribution in [3.63, 3.8) is 0 Å². The van der Waals surface area contributed by atoms with Crippen LogP contribution in [0.2, 0.25) is 0 Å². The van der Waals surface area contributed by atoms with Crippen molar-refractivity contribution in [1.82, 2.24) is 0 Å². The normalized spacial score (nSPS) is 33.2. The van der Waals surface area contributed by atoms with Crippen LogP contribution in [0.1, 0.15) is 26.7 Å². The van der Waals surface area contributed by atoms with E-state index in [0.29, 0.717) is 11.6 Å². The third-order valence-corrected chi connectivity index (χ3v) is 3.40. The van der Waals surface area contributed by atoms with Crippen molar-refractivity contribution >= 4 is 21.6 Å². The molecule has 0 aromatic carbocycles.